The molecule has 2 aromatic carbocycles. The summed E-state index contributed by atoms with van der Waals surface area (Å²) in [5.41, 5.74) is 3.35. The van der Waals surface area contributed by atoms with Crippen LogP contribution < -0.4 is 4.74 Å². The molecule has 0 aliphatic carbocycles. The summed E-state index contributed by atoms with van der Waals surface area (Å²) < 4.78 is 5.26. The zero-order chi connectivity index (χ0) is 20.6. The van der Waals surface area contributed by atoms with Crippen LogP contribution in [0.1, 0.15) is 49.9 Å². The Kier molecular flexibility index (Phi) is 7.23. The maximum atomic E-state index is 13.5. The highest BCUT2D eigenvalue weighted by Crippen LogP contribution is 2.27. The fraction of sp³-hybridized carbons (Fsp3) is 0.360. The van der Waals surface area contributed by atoms with E-state index in [0.29, 0.717) is 0 Å². The van der Waals surface area contributed by atoms with E-state index in [9.17, 15) is 4.79 Å². The first-order valence-electron chi connectivity index (χ1n) is 10.5. The average molecular weight is 391 g/mol. The molecule has 0 unspecified atom stereocenters. The molecule has 1 heterocycles. The minimum absolute atomic E-state index is 0.0975. The predicted molar refractivity (Wildman–Crippen MR) is 119 cm³/mol. The summed E-state index contributed by atoms with van der Waals surface area (Å²) in [6, 6.07) is 17.6. The van der Waals surface area contributed by atoms with E-state index < -0.39 is 0 Å². The summed E-state index contributed by atoms with van der Waals surface area (Å²) in [5.74, 6) is 0.899. The number of pyridine rings is 1. The average Bonchev–Trinajstić information content (AvgIpc) is 2.78. The second kappa shape index (κ2) is 10.1. The van der Waals surface area contributed by atoms with Crippen molar-refractivity contribution in [2.75, 3.05) is 20.2 Å². The van der Waals surface area contributed by atoms with Gasteiger partial charge in [0.1, 0.15) is 5.75 Å². The molecule has 29 heavy (non-hydrogen) atoms. The van der Waals surface area contributed by atoms with Crippen molar-refractivity contribution in [3.8, 4) is 17.0 Å². The molecule has 4 heteroatoms. The smallest absolute Gasteiger partial charge is 0.254 e. The molecule has 0 fully saturated rings. The summed E-state index contributed by atoms with van der Waals surface area (Å²) >= 11 is 0. The number of unbranched alkanes of at least 4 members (excludes halogenated alkanes) is 2. The number of methoxy groups -OCH3 is 1. The van der Waals surface area contributed by atoms with Crippen LogP contribution in [0.5, 0.6) is 5.75 Å². The number of carbonyl (C=O) groups excluding carboxylic acids is 1. The van der Waals surface area contributed by atoms with Crippen LogP contribution in [0.25, 0.3) is 22.2 Å². The predicted octanol–water partition coefficient (Wildman–Crippen LogP) is 5.95. The molecular formula is C25H30N2O2. The molecule has 0 aliphatic rings. The number of benzene rings is 2. The molecule has 4 nitrogen and oxygen atoms in total. The molecular weight excluding hydrogens is 360 g/mol. The lowest BCUT2D eigenvalue weighted by Gasteiger charge is -2.23. The van der Waals surface area contributed by atoms with Crippen molar-refractivity contribution in [3.05, 3.63) is 60.2 Å². The van der Waals surface area contributed by atoms with E-state index >= 15 is 0 Å². The standard InChI is InChI=1S/C25H30N2O2/c1-4-6-16-27(17-7-5-2)25(28)22-18-24(19-12-14-20(29-3)15-13-19)26-23-11-9-8-10-21(22)23/h8-15,18H,4-7,16-17H2,1-3H3. The van der Waals surface area contributed by atoms with Crippen LogP contribution >= 0.6 is 0 Å². The summed E-state index contributed by atoms with van der Waals surface area (Å²) in [6.45, 7) is 5.91. The first kappa shape index (κ1) is 20.8. The number of fused-ring (bicyclic) bond motifs is 1. The van der Waals surface area contributed by atoms with Crippen LogP contribution in [0.3, 0.4) is 0 Å². The van der Waals surface area contributed by atoms with Crippen LogP contribution in [0, 0.1) is 0 Å². The number of hydrogen-bond donors (Lipinski definition) is 0. The molecule has 0 radical (unpaired) electrons. The molecule has 0 saturated heterocycles. The van der Waals surface area contributed by atoms with Gasteiger partial charge in [-0.05, 0) is 49.2 Å². The monoisotopic (exact) mass is 390 g/mol. The molecule has 0 spiro atoms. The van der Waals surface area contributed by atoms with E-state index in [1.54, 1.807) is 7.11 Å². The Bertz CT molecular complexity index is 943. The normalized spacial score (nSPS) is 10.9. The fourth-order valence-corrected chi connectivity index (χ4v) is 3.45. The van der Waals surface area contributed by atoms with Crippen molar-refractivity contribution in [3.63, 3.8) is 0 Å². The zero-order valence-corrected chi connectivity index (χ0v) is 17.6. The molecule has 1 amide bonds. The second-order valence-electron chi connectivity index (χ2n) is 7.30. The number of rotatable bonds is 9. The third-order valence-corrected chi connectivity index (χ3v) is 5.18. The lowest BCUT2D eigenvalue weighted by Crippen LogP contribution is -2.33. The topological polar surface area (TPSA) is 42.4 Å². The Morgan fingerprint density at radius 1 is 0.966 bits per heavy atom. The molecule has 0 bridgehead atoms. The maximum absolute atomic E-state index is 13.5. The Morgan fingerprint density at radius 3 is 2.24 bits per heavy atom. The summed E-state index contributed by atoms with van der Waals surface area (Å²) in [5, 5.41) is 0.910. The van der Waals surface area contributed by atoms with Gasteiger partial charge in [-0.2, -0.15) is 0 Å². The van der Waals surface area contributed by atoms with Crippen LogP contribution in [-0.4, -0.2) is 36.0 Å². The first-order chi connectivity index (χ1) is 14.2. The first-order valence-corrected chi connectivity index (χ1v) is 10.5. The number of ether oxygens (including phenoxy) is 1. The third-order valence-electron chi connectivity index (χ3n) is 5.18. The van der Waals surface area contributed by atoms with Crippen LogP contribution in [0.2, 0.25) is 0 Å². The Labute approximate surface area is 173 Å². The number of aromatic nitrogens is 1. The van der Waals surface area contributed by atoms with Gasteiger partial charge in [-0.25, -0.2) is 4.98 Å². The van der Waals surface area contributed by atoms with Gasteiger partial charge < -0.3 is 9.64 Å². The van der Waals surface area contributed by atoms with Crippen molar-refractivity contribution >= 4 is 16.8 Å². The summed E-state index contributed by atoms with van der Waals surface area (Å²) in [6.07, 6.45) is 4.18. The van der Waals surface area contributed by atoms with Crippen molar-refractivity contribution < 1.29 is 9.53 Å². The van der Waals surface area contributed by atoms with E-state index in [1.807, 2.05) is 59.5 Å². The molecule has 152 valence electrons. The van der Waals surface area contributed by atoms with Crippen molar-refractivity contribution in [2.45, 2.75) is 39.5 Å². The van der Waals surface area contributed by atoms with Crippen LogP contribution in [0.4, 0.5) is 0 Å². The molecule has 0 atom stereocenters. The van der Waals surface area contributed by atoms with Crippen molar-refractivity contribution in [1.82, 2.24) is 9.88 Å². The highest BCUT2D eigenvalue weighted by Gasteiger charge is 2.19. The van der Waals surface area contributed by atoms with Gasteiger partial charge in [0.05, 0.1) is 23.9 Å². The van der Waals surface area contributed by atoms with E-state index in [4.69, 9.17) is 9.72 Å². The number of carbonyl (C=O) groups is 1. The van der Waals surface area contributed by atoms with Crippen LogP contribution in [0.15, 0.2) is 54.6 Å². The number of nitrogens with zero attached hydrogens (tertiary/aromatic N) is 2. The Balaban J connectivity index is 2.05. The van der Waals surface area contributed by atoms with Gasteiger partial charge in [-0.15, -0.1) is 0 Å². The minimum atomic E-state index is 0.0975. The van der Waals surface area contributed by atoms with E-state index in [-0.39, 0.29) is 5.91 Å². The van der Waals surface area contributed by atoms with Crippen molar-refractivity contribution in [1.29, 1.82) is 0 Å². The summed E-state index contributed by atoms with van der Waals surface area (Å²) in [4.78, 5) is 20.4. The van der Waals surface area contributed by atoms with E-state index in [0.717, 1.165) is 72.2 Å². The highest BCUT2D eigenvalue weighted by atomic mass is 16.5. The molecule has 1 aromatic heterocycles. The fourth-order valence-electron chi connectivity index (χ4n) is 3.45. The van der Waals surface area contributed by atoms with Crippen LogP contribution in [-0.2, 0) is 0 Å². The third kappa shape index (κ3) is 4.94. The van der Waals surface area contributed by atoms with Gasteiger partial charge in [-0.1, -0.05) is 44.9 Å². The minimum Gasteiger partial charge on any atom is -0.497 e. The Morgan fingerprint density at radius 2 is 1.62 bits per heavy atom. The van der Waals surface area contributed by atoms with Gasteiger partial charge in [-0.3, -0.25) is 4.79 Å². The molecule has 0 N–H and O–H groups in total. The van der Waals surface area contributed by atoms with Gasteiger partial charge in [0.2, 0.25) is 0 Å². The largest absolute Gasteiger partial charge is 0.497 e. The van der Waals surface area contributed by atoms with E-state index in [2.05, 4.69) is 13.8 Å². The Hall–Kier alpha value is -2.88. The zero-order valence-electron chi connectivity index (χ0n) is 17.6. The van der Waals surface area contributed by atoms with Gasteiger partial charge in [0.25, 0.3) is 5.91 Å². The molecule has 0 saturated carbocycles. The van der Waals surface area contributed by atoms with Gasteiger partial charge in [0.15, 0.2) is 0 Å². The maximum Gasteiger partial charge on any atom is 0.254 e. The molecule has 3 rings (SSSR count). The SMILES string of the molecule is CCCCN(CCCC)C(=O)c1cc(-c2ccc(OC)cc2)nc2ccccc12. The lowest BCUT2D eigenvalue weighted by molar-refractivity contribution is 0.0753. The van der Waals surface area contributed by atoms with E-state index in [1.165, 1.54) is 0 Å². The molecule has 3 aromatic rings. The lowest BCUT2D eigenvalue weighted by atomic mass is 10.0. The number of hydrogen-bond acceptors (Lipinski definition) is 3. The van der Waals surface area contributed by atoms with Gasteiger partial charge >= 0.3 is 0 Å². The second-order valence-corrected chi connectivity index (χ2v) is 7.30. The highest BCUT2D eigenvalue weighted by molar-refractivity contribution is 6.07. The number of amides is 1. The quantitative estimate of drug-likeness (QED) is 0.453. The van der Waals surface area contributed by atoms with Gasteiger partial charge in [0, 0.05) is 24.0 Å². The molecule has 0 aliphatic heterocycles. The van der Waals surface area contributed by atoms with Crippen molar-refractivity contribution in [2.24, 2.45) is 0 Å². The number of para-hydroxylation sites is 1. The summed E-state index contributed by atoms with van der Waals surface area (Å²) in [7, 11) is 1.65.